The number of rotatable bonds is 4. The van der Waals surface area contributed by atoms with E-state index in [1.807, 2.05) is 28.9 Å². The molecule has 122 valence electrons. The lowest BCUT2D eigenvalue weighted by atomic mass is 10.1. The molecule has 24 heavy (non-hydrogen) atoms. The van der Waals surface area contributed by atoms with E-state index in [0.717, 1.165) is 17.2 Å². The van der Waals surface area contributed by atoms with Gasteiger partial charge in [-0.1, -0.05) is 6.07 Å². The van der Waals surface area contributed by atoms with Gasteiger partial charge < -0.3 is 14.8 Å². The highest BCUT2D eigenvalue weighted by Crippen LogP contribution is 2.36. The van der Waals surface area contributed by atoms with Gasteiger partial charge in [-0.25, -0.2) is 4.68 Å². The summed E-state index contributed by atoms with van der Waals surface area (Å²) in [4.78, 5) is 5.53. The molecular formula is C17H16N4O2S. The molecule has 0 unspecified atom stereocenters. The molecule has 3 heterocycles. The Kier molecular flexibility index (Phi) is 3.70. The molecule has 1 atom stereocenters. The molecule has 2 aromatic heterocycles. The summed E-state index contributed by atoms with van der Waals surface area (Å²) in [6, 6.07) is 10.0. The Morgan fingerprint density at radius 2 is 2.04 bits per heavy atom. The van der Waals surface area contributed by atoms with Gasteiger partial charge in [-0.05, 0) is 35.7 Å². The van der Waals surface area contributed by atoms with Crippen molar-refractivity contribution in [1.29, 1.82) is 0 Å². The summed E-state index contributed by atoms with van der Waals surface area (Å²) in [7, 11) is 3.26. The standard InChI is InChI=1S/C17H16N4O2S/c1-22-14-6-5-11(8-15(14)23-2)12-9-13(16-4-3-7-24-16)21-17(20-12)18-10-19-21/h3-10,13H,1-2H3,(H,18,19,20)/t13-/m0/s1. The molecule has 0 saturated heterocycles. The molecule has 3 aromatic rings. The minimum absolute atomic E-state index is 0.0202. The van der Waals surface area contributed by atoms with Gasteiger partial charge in [0, 0.05) is 16.1 Å². The molecule has 1 N–H and O–H groups in total. The summed E-state index contributed by atoms with van der Waals surface area (Å²) < 4.78 is 12.6. The minimum atomic E-state index is 0.0202. The molecule has 0 saturated carbocycles. The average molecular weight is 340 g/mol. The average Bonchev–Trinajstić information content (AvgIpc) is 3.31. The fraction of sp³-hybridized carbons (Fsp3) is 0.176. The molecule has 1 aliphatic heterocycles. The van der Waals surface area contributed by atoms with Gasteiger partial charge in [0.05, 0.1) is 14.2 Å². The molecule has 0 spiro atoms. The van der Waals surface area contributed by atoms with Gasteiger partial charge in [0.1, 0.15) is 12.4 Å². The zero-order chi connectivity index (χ0) is 16.5. The molecular weight excluding hydrogens is 324 g/mol. The van der Waals surface area contributed by atoms with E-state index in [-0.39, 0.29) is 6.04 Å². The molecule has 0 bridgehead atoms. The van der Waals surface area contributed by atoms with E-state index in [4.69, 9.17) is 9.47 Å². The second kappa shape index (κ2) is 6.01. The number of anilines is 1. The third kappa shape index (κ3) is 2.43. The van der Waals surface area contributed by atoms with Crippen molar-refractivity contribution in [3.8, 4) is 11.5 Å². The van der Waals surface area contributed by atoms with Gasteiger partial charge in [0.25, 0.3) is 0 Å². The van der Waals surface area contributed by atoms with E-state index < -0.39 is 0 Å². The molecule has 4 rings (SSSR count). The van der Waals surface area contributed by atoms with E-state index in [2.05, 4.69) is 32.9 Å². The smallest absolute Gasteiger partial charge is 0.226 e. The van der Waals surface area contributed by atoms with Crippen LogP contribution in [-0.2, 0) is 0 Å². The Morgan fingerprint density at radius 1 is 1.17 bits per heavy atom. The molecule has 0 amide bonds. The Hall–Kier alpha value is -2.80. The predicted molar refractivity (Wildman–Crippen MR) is 93.6 cm³/mol. The predicted octanol–water partition coefficient (Wildman–Crippen LogP) is 3.41. The van der Waals surface area contributed by atoms with Crippen LogP contribution in [-0.4, -0.2) is 29.0 Å². The minimum Gasteiger partial charge on any atom is -0.493 e. The molecule has 7 heteroatoms. The van der Waals surface area contributed by atoms with Crippen molar-refractivity contribution in [3.63, 3.8) is 0 Å². The third-order valence-electron chi connectivity index (χ3n) is 3.94. The summed E-state index contributed by atoms with van der Waals surface area (Å²) >= 11 is 1.70. The monoisotopic (exact) mass is 340 g/mol. The second-order valence-electron chi connectivity index (χ2n) is 5.26. The maximum Gasteiger partial charge on any atom is 0.226 e. The number of aromatic nitrogens is 3. The van der Waals surface area contributed by atoms with Gasteiger partial charge in [0.2, 0.25) is 5.95 Å². The molecule has 1 aromatic carbocycles. The van der Waals surface area contributed by atoms with Gasteiger partial charge in [-0.3, -0.25) is 0 Å². The summed E-state index contributed by atoms with van der Waals surface area (Å²) in [6.45, 7) is 0. The summed E-state index contributed by atoms with van der Waals surface area (Å²) in [5.74, 6) is 2.12. The fourth-order valence-electron chi connectivity index (χ4n) is 2.77. The second-order valence-corrected chi connectivity index (χ2v) is 6.24. The molecule has 0 aliphatic carbocycles. The van der Waals surface area contributed by atoms with Crippen LogP contribution < -0.4 is 14.8 Å². The Bertz CT molecular complexity index is 886. The zero-order valence-corrected chi connectivity index (χ0v) is 14.1. The Morgan fingerprint density at radius 3 is 2.79 bits per heavy atom. The molecule has 0 fully saturated rings. The van der Waals surface area contributed by atoms with Crippen LogP contribution >= 0.6 is 11.3 Å². The SMILES string of the molecule is COc1ccc(C2=C[C@@H](c3cccs3)n3ncnc3N2)cc1OC. The molecule has 6 nitrogen and oxygen atoms in total. The number of allylic oxidation sites excluding steroid dienone is 1. The number of hydrogen-bond donors (Lipinski definition) is 1. The van der Waals surface area contributed by atoms with Crippen LogP contribution in [0.25, 0.3) is 5.70 Å². The maximum absolute atomic E-state index is 5.41. The van der Waals surface area contributed by atoms with Crippen molar-refractivity contribution < 1.29 is 9.47 Å². The van der Waals surface area contributed by atoms with Crippen molar-refractivity contribution in [2.75, 3.05) is 19.5 Å². The third-order valence-corrected chi connectivity index (χ3v) is 4.88. The van der Waals surface area contributed by atoms with E-state index in [1.165, 1.54) is 4.88 Å². The number of benzene rings is 1. The number of nitrogens with one attached hydrogen (secondary N) is 1. The molecule has 1 aliphatic rings. The Balaban J connectivity index is 1.78. The zero-order valence-electron chi connectivity index (χ0n) is 13.3. The maximum atomic E-state index is 5.41. The van der Waals surface area contributed by atoms with Gasteiger partial charge in [0.15, 0.2) is 11.5 Å². The van der Waals surface area contributed by atoms with Gasteiger partial charge in [-0.2, -0.15) is 10.1 Å². The van der Waals surface area contributed by atoms with Crippen molar-refractivity contribution in [3.05, 3.63) is 58.6 Å². The van der Waals surface area contributed by atoms with E-state index in [9.17, 15) is 0 Å². The van der Waals surface area contributed by atoms with E-state index >= 15 is 0 Å². The highest BCUT2D eigenvalue weighted by molar-refractivity contribution is 7.10. The molecule has 0 radical (unpaired) electrons. The normalized spacial score (nSPS) is 16.1. The number of ether oxygens (including phenoxy) is 2. The van der Waals surface area contributed by atoms with Gasteiger partial charge in [-0.15, -0.1) is 11.3 Å². The van der Waals surface area contributed by atoms with E-state index in [1.54, 1.807) is 31.9 Å². The lowest BCUT2D eigenvalue weighted by Crippen LogP contribution is -2.19. The van der Waals surface area contributed by atoms with Crippen LogP contribution in [0.2, 0.25) is 0 Å². The lowest BCUT2D eigenvalue weighted by Gasteiger charge is -2.23. The van der Waals surface area contributed by atoms with Crippen LogP contribution in [0.5, 0.6) is 11.5 Å². The van der Waals surface area contributed by atoms with Gasteiger partial charge >= 0.3 is 0 Å². The van der Waals surface area contributed by atoms with Crippen molar-refractivity contribution in [2.45, 2.75) is 6.04 Å². The van der Waals surface area contributed by atoms with Crippen LogP contribution in [0.15, 0.2) is 48.1 Å². The number of fused-ring (bicyclic) bond motifs is 1. The number of hydrogen-bond acceptors (Lipinski definition) is 6. The topological polar surface area (TPSA) is 61.2 Å². The van der Waals surface area contributed by atoms with Crippen LogP contribution in [0.4, 0.5) is 5.95 Å². The highest BCUT2D eigenvalue weighted by atomic mass is 32.1. The number of methoxy groups -OCH3 is 2. The van der Waals surface area contributed by atoms with Crippen molar-refractivity contribution in [2.24, 2.45) is 0 Å². The summed E-state index contributed by atoms with van der Waals surface area (Å²) in [6.07, 6.45) is 3.71. The first-order valence-corrected chi connectivity index (χ1v) is 8.32. The first-order chi connectivity index (χ1) is 11.8. The fourth-order valence-corrected chi connectivity index (χ4v) is 3.55. The van der Waals surface area contributed by atoms with Crippen LogP contribution in [0.1, 0.15) is 16.5 Å². The lowest BCUT2D eigenvalue weighted by molar-refractivity contribution is 0.355. The van der Waals surface area contributed by atoms with Crippen molar-refractivity contribution in [1.82, 2.24) is 14.8 Å². The van der Waals surface area contributed by atoms with E-state index in [0.29, 0.717) is 11.5 Å². The number of thiophene rings is 1. The summed E-state index contributed by atoms with van der Waals surface area (Å²) in [5, 5.41) is 9.74. The Labute approximate surface area is 143 Å². The number of nitrogens with zero attached hydrogens (tertiary/aromatic N) is 3. The van der Waals surface area contributed by atoms with Crippen LogP contribution in [0, 0.1) is 0 Å². The highest BCUT2D eigenvalue weighted by Gasteiger charge is 2.24. The largest absolute Gasteiger partial charge is 0.493 e. The quantitative estimate of drug-likeness (QED) is 0.788. The van der Waals surface area contributed by atoms with Crippen LogP contribution in [0.3, 0.4) is 0 Å². The van der Waals surface area contributed by atoms with Crippen molar-refractivity contribution >= 4 is 23.0 Å². The first-order valence-electron chi connectivity index (χ1n) is 7.44. The first kappa shape index (κ1) is 14.8. The summed E-state index contributed by atoms with van der Waals surface area (Å²) in [5.41, 5.74) is 1.97.